The van der Waals surface area contributed by atoms with E-state index in [9.17, 15) is 9.59 Å². The van der Waals surface area contributed by atoms with Crippen LogP contribution in [-0.4, -0.2) is 84.2 Å². The fourth-order valence-electron chi connectivity index (χ4n) is 8.62. The quantitative estimate of drug-likeness (QED) is 0.130. The van der Waals surface area contributed by atoms with Gasteiger partial charge in [0.25, 0.3) is 5.91 Å². The second kappa shape index (κ2) is 18.1. The minimum absolute atomic E-state index is 0.0115. The highest BCUT2D eigenvalue weighted by molar-refractivity contribution is 7.15. The molecule has 0 unspecified atom stereocenters. The van der Waals surface area contributed by atoms with Gasteiger partial charge in [0.05, 0.1) is 47.3 Å². The van der Waals surface area contributed by atoms with E-state index in [2.05, 4.69) is 60.5 Å². The summed E-state index contributed by atoms with van der Waals surface area (Å²) in [6, 6.07) is 18.5. The number of hydrogen-bond donors (Lipinski definition) is 2. The maximum atomic E-state index is 13.4. The molecule has 17 heteroatoms. The van der Waals surface area contributed by atoms with Crippen LogP contribution in [0.4, 0.5) is 5.69 Å². The Balaban J connectivity index is 0.758. The molecule has 1 atom stereocenters. The van der Waals surface area contributed by atoms with Crippen molar-refractivity contribution in [2.75, 3.05) is 25.0 Å². The largest absolute Gasteiger partial charge is 0.490 e. The van der Waals surface area contributed by atoms with Gasteiger partial charge in [-0.15, -0.1) is 26.6 Å². The van der Waals surface area contributed by atoms with Crippen LogP contribution in [0.25, 0.3) is 5.00 Å². The highest BCUT2D eigenvalue weighted by Gasteiger charge is 2.33. The fraction of sp³-hybridized carbons (Fsp3) is 0.370. The van der Waals surface area contributed by atoms with E-state index in [1.165, 1.54) is 10.4 Å². The summed E-state index contributed by atoms with van der Waals surface area (Å²) in [7, 11) is 0. The maximum absolute atomic E-state index is 13.4. The number of nitrogens with zero attached hydrogens (tertiary/aromatic N) is 9. The summed E-state index contributed by atoms with van der Waals surface area (Å²) in [5.41, 5.74) is 6.42. The first kappa shape index (κ1) is 41.9. The number of hydrogen-bond acceptors (Lipinski definition) is 13. The Morgan fingerprint density at radius 3 is 2.46 bits per heavy atom. The van der Waals surface area contributed by atoms with Gasteiger partial charge in [0, 0.05) is 52.8 Å². The summed E-state index contributed by atoms with van der Waals surface area (Å²) >= 11 is 7.87. The molecule has 9 rings (SSSR count). The fourth-order valence-corrected chi connectivity index (χ4v) is 10.0. The number of amides is 2. The van der Waals surface area contributed by atoms with E-state index < -0.39 is 0 Å². The molecule has 2 amide bonds. The molecule has 2 aromatic carbocycles. The Bertz CT molecular complexity index is 2690. The van der Waals surface area contributed by atoms with Crippen LogP contribution in [0.15, 0.2) is 76.5 Å². The zero-order valence-electron chi connectivity index (χ0n) is 35.2. The van der Waals surface area contributed by atoms with Crippen molar-refractivity contribution in [3.05, 3.63) is 128 Å². The highest BCUT2D eigenvalue weighted by Crippen LogP contribution is 2.40. The van der Waals surface area contributed by atoms with Crippen molar-refractivity contribution in [1.82, 2.24) is 40.2 Å². The number of aromatic nitrogens is 6. The molecule has 4 aromatic heterocycles. The Morgan fingerprint density at radius 2 is 1.76 bits per heavy atom. The SMILES string of the molecule is Cc1sc2c(c1C)C(c1ccc(NCC(=O)N3CCC(c4ccc(C(=O)N[C@H]5CC[C@H](Oc6ccc(C#N)c(Cl)c6)CC5)nn4)CC3)cc1)=N[C@H](Cc1ncco1)c1nnc(C)n1-2. The summed E-state index contributed by atoms with van der Waals surface area (Å²) in [6.45, 7) is 7.62. The van der Waals surface area contributed by atoms with Gasteiger partial charge < -0.3 is 24.7 Å². The van der Waals surface area contributed by atoms with Crippen molar-refractivity contribution in [1.29, 1.82) is 5.26 Å². The zero-order chi connectivity index (χ0) is 43.6. The first-order chi connectivity index (χ1) is 30.6. The van der Waals surface area contributed by atoms with Gasteiger partial charge in [-0.05, 0) is 101 Å². The topological polar surface area (TPSA) is 189 Å². The number of oxazole rings is 1. The third-order valence-electron chi connectivity index (χ3n) is 12.2. The molecule has 0 radical (unpaired) electrons. The summed E-state index contributed by atoms with van der Waals surface area (Å²) in [4.78, 5) is 39.2. The van der Waals surface area contributed by atoms with Crippen LogP contribution in [0.3, 0.4) is 0 Å². The third kappa shape index (κ3) is 8.93. The molecule has 2 N–H and O–H groups in total. The first-order valence-corrected chi connectivity index (χ1v) is 22.4. The van der Waals surface area contributed by atoms with E-state index >= 15 is 0 Å². The Hall–Kier alpha value is -6.44. The van der Waals surface area contributed by atoms with Crippen LogP contribution < -0.4 is 15.4 Å². The number of nitriles is 1. The molecule has 63 heavy (non-hydrogen) atoms. The van der Waals surface area contributed by atoms with Crippen LogP contribution in [0.1, 0.15) is 111 Å². The number of thiophene rings is 1. The molecule has 1 aliphatic carbocycles. The lowest BCUT2D eigenvalue weighted by molar-refractivity contribution is -0.130. The Morgan fingerprint density at radius 1 is 0.968 bits per heavy atom. The van der Waals surface area contributed by atoms with Crippen LogP contribution in [-0.2, 0) is 11.2 Å². The maximum Gasteiger partial charge on any atom is 0.272 e. The number of rotatable bonds is 11. The number of halogens is 1. The molecule has 3 aliphatic rings. The van der Waals surface area contributed by atoms with Gasteiger partial charge in [0.1, 0.15) is 34.9 Å². The zero-order valence-corrected chi connectivity index (χ0v) is 36.7. The minimum Gasteiger partial charge on any atom is -0.490 e. The molecule has 1 saturated heterocycles. The number of anilines is 1. The number of aliphatic imine (C=N–C) groups is 1. The lowest BCUT2D eigenvalue weighted by Gasteiger charge is -2.31. The van der Waals surface area contributed by atoms with E-state index in [-0.39, 0.29) is 48.2 Å². The Kier molecular flexibility index (Phi) is 12.0. The molecule has 15 nitrogen and oxygen atoms in total. The van der Waals surface area contributed by atoms with E-state index in [0.717, 1.165) is 83.4 Å². The third-order valence-corrected chi connectivity index (χ3v) is 13.8. The van der Waals surface area contributed by atoms with Gasteiger partial charge in [-0.1, -0.05) is 23.7 Å². The molecule has 2 aliphatic heterocycles. The molecule has 6 heterocycles. The second-order valence-corrected chi connectivity index (χ2v) is 17.9. The molecule has 6 aromatic rings. The van der Waals surface area contributed by atoms with Gasteiger partial charge in [-0.2, -0.15) is 10.4 Å². The molecule has 1 saturated carbocycles. The summed E-state index contributed by atoms with van der Waals surface area (Å²) < 4.78 is 13.8. The number of aryl methyl sites for hydroxylation is 2. The number of carbonyl (C=O) groups is 2. The lowest BCUT2D eigenvalue weighted by atomic mass is 9.92. The average Bonchev–Trinajstić information content (AvgIpc) is 4.01. The smallest absolute Gasteiger partial charge is 0.272 e. The number of piperidine rings is 1. The molecule has 0 spiro atoms. The number of carbonyl (C=O) groups excluding carboxylic acids is 2. The van der Waals surface area contributed by atoms with Crippen molar-refractivity contribution in [3.63, 3.8) is 0 Å². The van der Waals surface area contributed by atoms with Crippen LogP contribution in [0, 0.1) is 32.1 Å². The van der Waals surface area contributed by atoms with Gasteiger partial charge in [0.15, 0.2) is 17.4 Å². The van der Waals surface area contributed by atoms with Crippen molar-refractivity contribution < 1.29 is 18.7 Å². The second-order valence-electron chi connectivity index (χ2n) is 16.3. The van der Waals surface area contributed by atoms with Crippen molar-refractivity contribution in [3.8, 4) is 16.8 Å². The van der Waals surface area contributed by atoms with E-state index in [4.69, 9.17) is 31.0 Å². The average molecular weight is 884 g/mol. The van der Waals surface area contributed by atoms with Gasteiger partial charge >= 0.3 is 0 Å². The van der Waals surface area contributed by atoms with Crippen molar-refractivity contribution >= 4 is 46.2 Å². The number of likely N-dealkylation sites (tertiary alicyclic amines) is 1. The molecule has 2 fully saturated rings. The van der Waals surface area contributed by atoms with Crippen LogP contribution in [0.5, 0.6) is 5.75 Å². The van der Waals surface area contributed by atoms with Crippen LogP contribution >= 0.6 is 22.9 Å². The monoisotopic (exact) mass is 883 g/mol. The van der Waals surface area contributed by atoms with Crippen molar-refractivity contribution in [2.45, 2.75) is 89.8 Å². The van der Waals surface area contributed by atoms with Gasteiger partial charge in [0.2, 0.25) is 5.91 Å². The molecule has 0 bridgehead atoms. The van der Waals surface area contributed by atoms with Crippen LogP contribution in [0.2, 0.25) is 5.02 Å². The number of benzene rings is 2. The van der Waals surface area contributed by atoms with Crippen molar-refractivity contribution in [2.24, 2.45) is 4.99 Å². The minimum atomic E-state index is -0.357. The normalized spacial score (nSPS) is 18.7. The van der Waals surface area contributed by atoms with E-state index in [0.29, 0.717) is 41.7 Å². The van der Waals surface area contributed by atoms with Gasteiger partial charge in [-0.25, -0.2) is 4.98 Å². The molecular formula is C46H46ClN11O4S. The molecular weight excluding hydrogens is 838 g/mol. The summed E-state index contributed by atoms with van der Waals surface area (Å²) in [5, 5.41) is 34.7. The number of nitrogens with one attached hydrogen (secondary N) is 2. The summed E-state index contributed by atoms with van der Waals surface area (Å²) in [6.07, 6.45) is 8.30. The summed E-state index contributed by atoms with van der Waals surface area (Å²) in [5.74, 6) is 2.71. The van der Waals surface area contributed by atoms with E-state index in [1.807, 2.05) is 42.2 Å². The predicted octanol–water partition coefficient (Wildman–Crippen LogP) is 7.63. The Labute approximate surface area is 373 Å². The highest BCUT2D eigenvalue weighted by atomic mass is 35.5. The number of fused-ring (bicyclic) bond motifs is 3. The standard InChI is InChI=1S/C46H46ClN11O4S/c1-26-27(2)63-46-42(26)43(52-39(23-40-49-18-21-61-40)44-56-53-28(3)58(44)46)30-4-7-32(8-5-30)50-25-41(59)57-19-16-29(17-20-57)37-14-15-38(55-54-37)45(60)51-33-9-12-34(13-10-33)62-35-11-6-31(24-48)36(47)22-35/h4-8,11,14-15,18,21-22,29,33-34,39,50H,9-10,12-13,16-17,19-20,23,25H2,1-3H3,(H,51,60)/t33-,34-,39-/m1/s1. The predicted molar refractivity (Wildman–Crippen MR) is 238 cm³/mol. The van der Waals surface area contributed by atoms with E-state index in [1.54, 1.807) is 48.1 Å². The van der Waals surface area contributed by atoms with Gasteiger partial charge in [-0.3, -0.25) is 19.1 Å². The lowest BCUT2D eigenvalue weighted by Crippen LogP contribution is -2.41. The molecule has 322 valence electrons. The first-order valence-electron chi connectivity index (χ1n) is 21.2. The number of ether oxygens (including phenoxy) is 1.